The maximum atomic E-state index is 12.3. The molecule has 1 saturated carbocycles. The van der Waals surface area contributed by atoms with E-state index >= 15 is 0 Å². The van der Waals surface area contributed by atoms with E-state index in [4.69, 9.17) is 10.5 Å². The number of hydrogen-bond donors (Lipinski definition) is 1. The average Bonchev–Trinajstić information content (AvgIpc) is 3.10. The Hall–Kier alpha value is -1.36. The van der Waals surface area contributed by atoms with Gasteiger partial charge in [0.05, 0.1) is 6.61 Å². The standard InChI is InChI=1S/C13H17F2NO2/c1-8(16)10-4-5-11(17-7-9-2-3-9)12(6-10)18-13(14)15/h4-6,8-9,13H,2-3,7,16H2,1H3. The fourth-order valence-corrected chi connectivity index (χ4v) is 1.61. The van der Waals surface area contributed by atoms with Gasteiger partial charge in [0.2, 0.25) is 0 Å². The zero-order valence-electron chi connectivity index (χ0n) is 10.2. The minimum absolute atomic E-state index is 0.0560. The molecule has 0 radical (unpaired) electrons. The number of hydrogen-bond acceptors (Lipinski definition) is 3. The Morgan fingerprint density at radius 2 is 2.06 bits per heavy atom. The number of benzene rings is 1. The van der Waals surface area contributed by atoms with Gasteiger partial charge in [0.1, 0.15) is 0 Å². The lowest BCUT2D eigenvalue weighted by Gasteiger charge is -2.14. The molecule has 1 aromatic rings. The molecular weight excluding hydrogens is 240 g/mol. The fraction of sp³-hybridized carbons (Fsp3) is 0.538. The Balaban J connectivity index is 2.13. The molecule has 0 heterocycles. The van der Waals surface area contributed by atoms with E-state index in [1.54, 1.807) is 19.1 Å². The van der Waals surface area contributed by atoms with Crippen LogP contribution in [0.15, 0.2) is 18.2 Å². The number of ether oxygens (including phenoxy) is 2. The van der Waals surface area contributed by atoms with E-state index in [0.29, 0.717) is 18.3 Å². The van der Waals surface area contributed by atoms with Crippen molar-refractivity contribution in [2.24, 2.45) is 11.7 Å². The van der Waals surface area contributed by atoms with E-state index in [-0.39, 0.29) is 11.8 Å². The SMILES string of the molecule is CC(N)c1ccc(OCC2CC2)c(OC(F)F)c1. The Morgan fingerprint density at radius 1 is 1.33 bits per heavy atom. The van der Waals surface area contributed by atoms with E-state index < -0.39 is 6.61 Å². The minimum atomic E-state index is -2.86. The quantitative estimate of drug-likeness (QED) is 0.851. The summed E-state index contributed by atoms with van der Waals surface area (Å²) in [5.41, 5.74) is 6.45. The van der Waals surface area contributed by atoms with Gasteiger partial charge in [-0.1, -0.05) is 6.07 Å². The van der Waals surface area contributed by atoms with Crippen molar-refractivity contribution in [3.8, 4) is 11.5 Å². The smallest absolute Gasteiger partial charge is 0.387 e. The molecule has 0 amide bonds. The first-order valence-electron chi connectivity index (χ1n) is 6.03. The first-order valence-corrected chi connectivity index (χ1v) is 6.03. The first kappa shape index (κ1) is 13.1. The summed E-state index contributed by atoms with van der Waals surface area (Å²) in [6.45, 7) is -0.528. The van der Waals surface area contributed by atoms with Gasteiger partial charge in [0, 0.05) is 6.04 Å². The highest BCUT2D eigenvalue weighted by molar-refractivity contribution is 5.43. The monoisotopic (exact) mass is 257 g/mol. The third kappa shape index (κ3) is 3.57. The third-order valence-corrected chi connectivity index (χ3v) is 2.88. The van der Waals surface area contributed by atoms with Crippen molar-refractivity contribution in [2.45, 2.75) is 32.4 Å². The van der Waals surface area contributed by atoms with Crippen LogP contribution in [0.3, 0.4) is 0 Å². The van der Waals surface area contributed by atoms with Crippen molar-refractivity contribution in [2.75, 3.05) is 6.61 Å². The first-order chi connectivity index (χ1) is 8.56. The van der Waals surface area contributed by atoms with Crippen LogP contribution in [0, 0.1) is 5.92 Å². The van der Waals surface area contributed by atoms with Crippen LogP contribution in [-0.2, 0) is 0 Å². The van der Waals surface area contributed by atoms with E-state index in [9.17, 15) is 8.78 Å². The molecule has 2 N–H and O–H groups in total. The zero-order chi connectivity index (χ0) is 13.1. The van der Waals surface area contributed by atoms with Crippen molar-refractivity contribution in [3.63, 3.8) is 0 Å². The lowest BCUT2D eigenvalue weighted by atomic mass is 10.1. The number of rotatable bonds is 6. The lowest BCUT2D eigenvalue weighted by molar-refractivity contribution is -0.0515. The van der Waals surface area contributed by atoms with Crippen LogP contribution in [0.4, 0.5) is 8.78 Å². The molecule has 0 aromatic heterocycles. The molecule has 0 aliphatic heterocycles. The van der Waals surface area contributed by atoms with E-state index in [1.165, 1.54) is 6.07 Å². The largest absolute Gasteiger partial charge is 0.489 e. The molecule has 0 spiro atoms. The van der Waals surface area contributed by atoms with E-state index in [1.807, 2.05) is 0 Å². The van der Waals surface area contributed by atoms with Gasteiger partial charge < -0.3 is 15.2 Å². The number of alkyl halides is 2. The predicted molar refractivity (Wildman–Crippen MR) is 63.9 cm³/mol. The van der Waals surface area contributed by atoms with Gasteiger partial charge in [-0.15, -0.1) is 0 Å². The third-order valence-electron chi connectivity index (χ3n) is 2.88. The van der Waals surface area contributed by atoms with Crippen molar-refractivity contribution in [1.82, 2.24) is 0 Å². The van der Waals surface area contributed by atoms with Gasteiger partial charge in [-0.2, -0.15) is 8.78 Å². The number of nitrogens with two attached hydrogens (primary N) is 1. The zero-order valence-corrected chi connectivity index (χ0v) is 10.2. The molecule has 2 rings (SSSR count). The molecule has 1 atom stereocenters. The summed E-state index contributed by atoms with van der Waals surface area (Å²) >= 11 is 0. The second-order valence-corrected chi connectivity index (χ2v) is 4.63. The lowest BCUT2D eigenvalue weighted by Crippen LogP contribution is -2.09. The van der Waals surface area contributed by atoms with E-state index in [2.05, 4.69) is 4.74 Å². The van der Waals surface area contributed by atoms with Crippen LogP contribution < -0.4 is 15.2 Å². The van der Waals surface area contributed by atoms with Gasteiger partial charge in [0.15, 0.2) is 11.5 Å². The summed E-state index contributed by atoms with van der Waals surface area (Å²) in [4.78, 5) is 0. The van der Waals surface area contributed by atoms with E-state index in [0.717, 1.165) is 18.4 Å². The summed E-state index contributed by atoms with van der Waals surface area (Å²) in [7, 11) is 0. The molecule has 1 aliphatic carbocycles. The Labute approximate surface area is 105 Å². The van der Waals surface area contributed by atoms with Crippen LogP contribution in [0.2, 0.25) is 0 Å². The molecule has 1 unspecified atom stereocenters. The molecule has 0 saturated heterocycles. The Bertz CT molecular complexity index is 406. The molecular formula is C13H17F2NO2. The van der Waals surface area contributed by atoms with Gasteiger partial charge in [-0.25, -0.2) is 0 Å². The topological polar surface area (TPSA) is 44.5 Å². The van der Waals surface area contributed by atoms with Crippen molar-refractivity contribution >= 4 is 0 Å². The molecule has 3 nitrogen and oxygen atoms in total. The molecule has 18 heavy (non-hydrogen) atoms. The summed E-state index contributed by atoms with van der Waals surface area (Å²) in [6, 6.07) is 4.69. The molecule has 5 heteroatoms. The van der Waals surface area contributed by atoms with Crippen LogP contribution >= 0.6 is 0 Å². The van der Waals surface area contributed by atoms with Crippen LogP contribution in [0.1, 0.15) is 31.4 Å². The van der Waals surface area contributed by atoms with Gasteiger partial charge in [-0.05, 0) is 43.4 Å². The van der Waals surface area contributed by atoms with Crippen molar-refractivity contribution < 1.29 is 18.3 Å². The predicted octanol–water partition coefficient (Wildman–Crippen LogP) is 3.10. The van der Waals surface area contributed by atoms with Crippen LogP contribution in [-0.4, -0.2) is 13.2 Å². The van der Waals surface area contributed by atoms with Crippen LogP contribution in [0.5, 0.6) is 11.5 Å². The highest BCUT2D eigenvalue weighted by Crippen LogP contribution is 2.34. The highest BCUT2D eigenvalue weighted by atomic mass is 19.3. The van der Waals surface area contributed by atoms with Crippen molar-refractivity contribution in [1.29, 1.82) is 0 Å². The summed E-state index contributed by atoms with van der Waals surface area (Å²) in [5.74, 6) is 0.963. The number of halogens is 2. The Kier molecular flexibility index (Phi) is 4.01. The molecule has 1 aliphatic rings. The second kappa shape index (κ2) is 5.52. The van der Waals surface area contributed by atoms with Gasteiger partial charge in [0.25, 0.3) is 0 Å². The summed E-state index contributed by atoms with van der Waals surface area (Å²) in [5, 5.41) is 0. The summed E-state index contributed by atoms with van der Waals surface area (Å²) < 4.78 is 34.6. The molecule has 1 aromatic carbocycles. The maximum absolute atomic E-state index is 12.3. The van der Waals surface area contributed by atoms with Gasteiger partial charge in [-0.3, -0.25) is 0 Å². The second-order valence-electron chi connectivity index (χ2n) is 4.63. The molecule has 0 bridgehead atoms. The van der Waals surface area contributed by atoms with Gasteiger partial charge >= 0.3 is 6.61 Å². The Morgan fingerprint density at radius 3 is 2.61 bits per heavy atom. The normalized spacial score (nSPS) is 16.7. The molecule has 100 valence electrons. The summed E-state index contributed by atoms with van der Waals surface area (Å²) in [6.07, 6.45) is 2.28. The highest BCUT2D eigenvalue weighted by Gasteiger charge is 2.23. The fourth-order valence-electron chi connectivity index (χ4n) is 1.61. The van der Waals surface area contributed by atoms with Crippen molar-refractivity contribution in [3.05, 3.63) is 23.8 Å². The minimum Gasteiger partial charge on any atom is -0.489 e. The maximum Gasteiger partial charge on any atom is 0.387 e. The average molecular weight is 257 g/mol. The molecule has 1 fully saturated rings. The van der Waals surface area contributed by atoms with Crippen LogP contribution in [0.25, 0.3) is 0 Å².